The van der Waals surface area contributed by atoms with Crippen molar-refractivity contribution < 1.29 is 4.79 Å². The van der Waals surface area contributed by atoms with E-state index < -0.39 is 0 Å². The van der Waals surface area contributed by atoms with Crippen LogP contribution in [0.5, 0.6) is 0 Å². The van der Waals surface area contributed by atoms with Crippen LogP contribution in [0.2, 0.25) is 0 Å². The lowest BCUT2D eigenvalue weighted by Gasteiger charge is -2.34. The Morgan fingerprint density at radius 2 is 1.57 bits per heavy atom. The number of hydrogen-bond acceptors (Lipinski definition) is 5. The first-order valence-corrected chi connectivity index (χ1v) is 13.7. The number of benzene rings is 3. The predicted molar refractivity (Wildman–Crippen MR) is 162 cm³/mol. The Labute approximate surface area is 234 Å². The van der Waals surface area contributed by atoms with Crippen molar-refractivity contribution in [2.24, 2.45) is 0 Å². The monoisotopic (exact) mass is 528 g/mol. The highest BCUT2D eigenvalue weighted by Crippen LogP contribution is 2.29. The van der Waals surface area contributed by atoms with Crippen LogP contribution in [0, 0.1) is 0 Å². The molecule has 0 bridgehead atoms. The summed E-state index contributed by atoms with van der Waals surface area (Å²) < 4.78 is 1.70. The van der Waals surface area contributed by atoms with E-state index in [1.54, 1.807) is 23.0 Å². The van der Waals surface area contributed by atoms with Crippen LogP contribution in [0.25, 0.3) is 28.9 Å². The number of hydrogen-bond donors (Lipinski definition) is 2. The molecule has 2 aromatic heterocycles. The maximum absolute atomic E-state index is 13.4. The Kier molecular flexibility index (Phi) is 7.37. The highest BCUT2D eigenvalue weighted by atomic mass is 16.1. The summed E-state index contributed by atoms with van der Waals surface area (Å²) in [6.45, 7) is 1.89. The predicted octanol–water partition coefficient (Wildman–Crippen LogP) is 6.01. The normalized spacial score (nSPS) is 14.2. The largest absolute Gasteiger partial charge is 0.370 e. The van der Waals surface area contributed by atoms with E-state index in [0.29, 0.717) is 17.4 Å². The number of aromatic nitrogens is 3. The summed E-state index contributed by atoms with van der Waals surface area (Å²) in [5.74, 6) is -0.242. The van der Waals surface area contributed by atoms with E-state index in [-0.39, 0.29) is 5.91 Å². The fourth-order valence-electron chi connectivity index (χ4n) is 5.18. The van der Waals surface area contributed by atoms with E-state index in [0.717, 1.165) is 59.6 Å². The first-order valence-electron chi connectivity index (χ1n) is 13.7. The summed E-state index contributed by atoms with van der Waals surface area (Å²) in [7, 11) is 2.02. The lowest BCUT2D eigenvalue weighted by Crippen LogP contribution is -2.41. The number of rotatable bonds is 7. The van der Waals surface area contributed by atoms with Gasteiger partial charge < -0.3 is 15.5 Å². The highest BCUT2D eigenvalue weighted by Gasteiger charge is 2.21. The first kappa shape index (κ1) is 25.5. The molecule has 1 amide bonds. The molecule has 1 aliphatic rings. The van der Waals surface area contributed by atoms with Crippen molar-refractivity contribution in [1.82, 2.24) is 19.9 Å². The van der Waals surface area contributed by atoms with Gasteiger partial charge in [-0.1, -0.05) is 78.9 Å². The molecule has 3 heterocycles. The van der Waals surface area contributed by atoms with Crippen molar-refractivity contribution >= 4 is 35.1 Å². The average molecular weight is 529 g/mol. The van der Waals surface area contributed by atoms with Crippen molar-refractivity contribution in [3.05, 3.63) is 114 Å². The van der Waals surface area contributed by atoms with Gasteiger partial charge in [-0.3, -0.25) is 4.79 Å². The Balaban J connectivity index is 1.21. The molecule has 1 fully saturated rings. The van der Waals surface area contributed by atoms with Gasteiger partial charge in [-0.05, 0) is 54.8 Å². The van der Waals surface area contributed by atoms with Crippen molar-refractivity contribution in [3.63, 3.8) is 0 Å². The van der Waals surface area contributed by atoms with Gasteiger partial charge in [0.05, 0.1) is 17.6 Å². The lowest BCUT2D eigenvalue weighted by molar-refractivity contribution is 0.102. The molecule has 1 aliphatic heterocycles. The molecule has 0 aliphatic carbocycles. The van der Waals surface area contributed by atoms with Gasteiger partial charge in [0.25, 0.3) is 5.91 Å². The Morgan fingerprint density at radius 1 is 0.875 bits per heavy atom. The third kappa shape index (κ3) is 5.51. The second-order valence-electron chi connectivity index (χ2n) is 10.0. The van der Waals surface area contributed by atoms with Crippen molar-refractivity contribution in [2.45, 2.75) is 18.9 Å². The molecule has 200 valence electrons. The Morgan fingerprint density at radius 3 is 2.33 bits per heavy atom. The molecule has 0 radical (unpaired) electrons. The van der Waals surface area contributed by atoms with Crippen LogP contribution in [-0.2, 0) is 0 Å². The summed E-state index contributed by atoms with van der Waals surface area (Å²) in [5, 5.41) is 10.9. The molecular formula is C33H32N6O. The van der Waals surface area contributed by atoms with Crippen LogP contribution in [0.4, 0.5) is 11.4 Å². The second-order valence-corrected chi connectivity index (χ2v) is 10.0. The fourth-order valence-corrected chi connectivity index (χ4v) is 5.18. The number of nitrogens with zero attached hydrogens (tertiary/aromatic N) is 4. The maximum atomic E-state index is 13.4. The molecule has 6 rings (SSSR count). The zero-order valence-corrected chi connectivity index (χ0v) is 22.5. The van der Waals surface area contributed by atoms with Crippen LogP contribution in [0.1, 0.15) is 34.5 Å². The van der Waals surface area contributed by atoms with Crippen LogP contribution in [0.3, 0.4) is 0 Å². The molecule has 7 heteroatoms. The van der Waals surface area contributed by atoms with E-state index >= 15 is 0 Å². The van der Waals surface area contributed by atoms with Gasteiger partial charge in [-0.25, -0.2) is 9.50 Å². The first-order chi connectivity index (χ1) is 19.7. The standard InChI is InChI=1S/C33H32N6O/c1-34-27-17-20-38(21-18-27)31-10-6-5-9-29(31)37-33(40)30-19-22-39-32(36-30)28(23-35-39)26-15-13-25(14-16-26)12-11-24-7-3-2-4-8-24/h2-16,19,22-23,27,34H,17-18,20-21H2,1H3,(H,37,40). The molecule has 5 aromatic rings. The van der Waals surface area contributed by atoms with E-state index in [1.165, 1.54) is 0 Å². The van der Waals surface area contributed by atoms with Crippen LogP contribution < -0.4 is 15.5 Å². The molecule has 40 heavy (non-hydrogen) atoms. The summed E-state index contributed by atoms with van der Waals surface area (Å²) in [6.07, 6.45) is 9.92. The number of carbonyl (C=O) groups excluding carboxylic acids is 1. The van der Waals surface area contributed by atoms with Crippen molar-refractivity contribution in [2.75, 3.05) is 30.4 Å². The summed E-state index contributed by atoms with van der Waals surface area (Å²) in [5.41, 5.74) is 6.95. The molecule has 3 aromatic carbocycles. The molecule has 0 atom stereocenters. The fraction of sp³-hybridized carbons (Fsp3) is 0.182. The summed E-state index contributed by atoms with van der Waals surface area (Å²) in [4.78, 5) is 20.4. The number of anilines is 2. The molecular weight excluding hydrogens is 496 g/mol. The smallest absolute Gasteiger partial charge is 0.274 e. The quantitative estimate of drug-likeness (QED) is 0.253. The van der Waals surface area contributed by atoms with Gasteiger partial charge in [-0.15, -0.1) is 0 Å². The van der Waals surface area contributed by atoms with Gasteiger partial charge in [0, 0.05) is 30.9 Å². The van der Waals surface area contributed by atoms with Crippen molar-refractivity contribution in [3.8, 4) is 11.1 Å². The van der Waals surface area contributed by atoms with Gasteiger partial charge >= 0.3 is 0 Å². The van der Waals surface area contributed by atoms with Gasteiger partial charge in [0.2, 0.25) is 0 Å². The van der Waals surface area contributed by atoms with E-state index in [4.69, 9.17) is 4.98 Å². The minimum absolute atomic E-state index is 0.242. The average Bonchev–Trinajstić information content (AvgIpc) is 3.44. The zero-order valence-electron chi connectivity index (χ0n) is 22.5. The minimum atomic E-state index is -0.242. The lowest BCUT2D eigenvalue weighted by atomic mass is 10.0. The van der Waals surface area contributed by atoms with Crippen LogP contribution in [-0.4, -0.2) is 46.7 Å². The van der Waals surface area contributed by atoms with E-state index in [9.17, 15) is 4.79 Å². The number of piperidine rings is 1. The number of nitrogens with one attached hydrogen (secondary N) is 2. The zero-order chi connectivity index (χ0) is 27.3. The second kappa shape index (κ2) is 11.6. The molecule has 0 saturated carbocycles. The number of carbonyl (C=O) groups is 1. The van der Waals surface area contributed by atoms with Crippen LogP contribution in [0.15, 0.2) is 97.3 Å². The summed E-state index contributed by atoms with van der Waals surface area (Å²) in [6, 6.07) is 28.7. The third-order valence-corrected chi connectivity index (χ3v) is 7.49. The molecule has 0 unspecified atom stereocenters. The number of amides is 1. The number of fused-ring (bicyclic) bond motifs is 1. The molecule has 7 nitrogen and oxygen atoms in total. The third-order valence-electron chi connectivity index (χ3n) is 7.49. The Hall–Kier alpha value is -4.75. The SMILES string of the molecule is CNC1CCN(c2ccccc2NC(=O)c2ccn3ncc(-c4ccc(C=Cc5ccccc5)cc4)c3n2)CC1. The molecule has 2 N–H and O–H groups in total. The van der Waals surface area contributed by atoms with Gasteiger partial charge in [-0.2, -0.15) is 5.10 Å². The number of para-hydroxylation sites is 2. The van der Waals surface area contributed by atoms with Gasteiger partial charge in [0.15, 0.2) is 5.65 Å². The van der Waals surface area contributed by atoms with Crippen LogP contribution >= 0.6 is 0 Å². The van der Waals surface area contributed by atoms with E-state index in [1.807, 2.05) is 43.4 Å². The van der Waals surface area contributed by atoms with Gasteiger partial charge in [0.1, 0.15) is 5.69 Å². The summed E-state index contributed by atoms with van der Waals surface area (Å²) >= 11 is 0. The van der Waals surface area contributed by atoms with Crippen molar-refractivity contribution in [1.29, 1.82) is 0 Å². The topological polar surface area (TPSA) is 74.6 Å². The molecule has 0 spiro atoms. The molecule has 1 saturated heterocycles. The minimum Gasteiger partial charge on any atom is -0.370 e. The van der Waals surface area contributed by atoms with E-state index in [2.05, 4.69) is 75.2 Å². The maximum Gasteiger partial charge on any atom is 0.274 e. The Bertz CT molecular complexity index is 1630. The highest BCUT2D eigenvalue weighted by molar-refractivity contribution is 6.05.